The molecule has 1 atom stereocenters. The number of methoxy groups -OCH3 is 2. The molecule has 0 bridgehead atoms. The molecule has 1 aliphatic heterocycles. The van der Waals surface area contributed by atoms with Gasteiger partial charge in [-0.25, -0.2) is 9.59 Å². The molecule has 1 unspecified atom stereocenters. The average Bonchev–Trinajstić information content (AvgIpc) is 2.94. The predicted molar refractivity (Wildman–Crippen MR) is 146 cm³/mol. The molecule has 0 aliphatic carbocycles. The third-order valence-electron chi connectivity index (χ3n) is 6.34. The van der Waals surface area contributed by atoms with E-state index in [1.54, 1.807) is 54.6 Å². The van der Waals surface area contributed by atoms with E-state index >= 15 is 0 Å². The number of allylic oxidation sites excluding steroid dienone is 1. The molecule has 9 heteroatoms. The molecule has 0 radical (unpaired) electrons. The van der Waals surface area contributed by atoms with Crippen LogP contribution in [0.5, 0.6) is 5.75 Å². The zero-order chi connectivity index (χ0) is 27.6. The van der Waals surface area contributed by atoms with Crippen LogP contribution in [0.4, 0.5) is 5.69 Å². The summed E-state index contributed by atoms with van der Waals surface area (Å²) < 4.78 is 10.8. The third-order valence-corrected chi connectivity index (χ3v) is 7.34. The number of ether oxygens (including phenoxy) is 2. The highest BCUT2D eigenvalue weighted by Gasteiger charge is 2.44. The number of nitrogens with two attached hydrogens (primary N) is 1. The van der Waals surface area contributed by atoms with Crippen molar-refractivity contribution in [3.63, 3.8) is 0 Å². The summed E-state index contributed by atoms with van der Waals surface area (Å²) in [5.41, 5.74) is 9.05. The Balaban J connectivity index is 2.18. The molecule has 3 aromatic carbocycles. The Hall–Kier alpha value is -4.55. The van der Waals surface area contributed by atoms with Crippen LogP contribution in [0.1, 0.15) is 17.0 Å². The molecule has 0 spiro atoms. The van der Waals surface area contributed by atoms with E-state index in [1.165, 1.54) is 25.2 Å². The summed E-state index contributed by atoms with van der Waals surface area (Å²) in [6, 6.07) is 21.2. The van der Waals surface area contributed by atoms with Crippen molar-refractivity contribution in [2.45, 2.75) is 12.8 Å². The molecule has 3 N–H and O–H groups in total. The summed E-state index contributed by atoms with van der Waals surface area (Å²) in [7, 11) is 2.38. The van der Waals surface area contributed by atoms with Crippen LogP contribution in [0.2, 0.25) is 0 Å². The topological polar surface area (TPSA) is 126 Å². The Labute approximate surface area is 228 Å². The van der Waals surface area contributed by atoms with Crippen LogP contribution in [0.25, 0.3) is 11.1 Å². The van der Waals surface area contributed by atoms with Crippen molar-refractivity contribution in [1.82, 2.24) is 0 Å². The number of carbonyl (C=O) groups excluding carboxylic acids is 2. The number of aromatic hydroxyl groups is 1. The van der Waals surface area contributed by atoms with Gasteiger partial charge in [-0.3, -0.25) is 4.90 Å². The molecule has 1 aliphatic rings. The van der Waals surface area contributed by atoms with Gasteiger partial charge in [0, 0.05) is 15.6 Å². The number of hydrogen-bond donors (Lipinski definition) is 2. The number of carbonyl (C=O) groups is 2. The Morgan fingerprint density at radius 2 is 1.61 bits per heavy atom. The Kier molecular flexibility index (Phi) is 7.55. The lowest BCUT2D eigenvalue weighted by Crippen LogP contribution is -2.41. The molecule has 4 rings (SSSR count). The number of nitriles is 1. The minimum atomic E-state index is -0.990. The number of anilines is 1. The van der Waals surface area contributed by atoms with Gasteiger partial charge < -0.3 is 20.3 Å². The van der Waals surface area contributed by atoms with E-state index in [2.05, 4.69) is 22.0 Å². The van der Waals surface area contributed by atoms with Crippen molar-refractivity contribution in [3.8, 4) is 22.9 Å². The number of para-hydroxylation sites is 1. The van der Waals surface area contributed by atoms with Gasteiger partial charge in [0.25, 0.3) is 0 Å². The number of nitrogens with zero attached hydrogens (tertiary/aromatic N) is 2. The van der Waals surface area contributed by atoms with Gasteiger partial charge in [-0.15, -0.1) is 0 Å². The van der Waals surface area contributed by atoms with E-state index in [-0.39, 0.29) is 28.4 Å². The van der Waals surface area contributed by atoms with Gasteiger partial charge in [-0.1, -0.05) is 60.7 Å². The maximum absolute atomic E-state index is 13.5. The van der Waals surface area contributed by atoms with Gasteiger partial charge in [0.2, 0.25) is 0 Å². The lowest BCUT2D eigenvalue weighted by molar-refractivity contribution is -0.139. The van der Waals surface area contributed by atoms with Gasteiger partial charge >= 0.3 is 11.9 Å². The Morgan fingerprint density at radius 3 is 2.21 bits per heavy atom. The van der Waals surface area contributed by atoms with E-state index < -0.39 is 17.9 Å². The smallest absolute Gasteiger partial charge is 0.355 e. The quantitative estimate of drug-likeness (QED) is 0.407. The predicted octanol–water partition coefficient (Wildman–Crippen LogP) is 5.03. The molecular weight excluding hydrogens is 550 g/mol. The highest BCUT2D eigenvalue weighted by atomic mass is 79.9. The van der Waals surface area contributed by atoms with Crippen molar-refractivity contribution in [2.24, 2.45) is 5.73 Å². The minimum Gasteiger partial charge on any atom is -0.507 e. The fourth-order valence-electron chi connectivity index (χ4n) is 4.55. The van der Waals surface area contributed by atoms with Crippen LogP contribution in [-0.4, -0.2) is 31.3 Å². The summed E-state index contributed by atoms with van der Waals surface area (Å²) in [5.74, 6) is -2.75. The highest BCUT2D eigenvalue weighted by molar-refractivity contribution is 9.10. The molecule has 8 nitrogen and oxygen atoms in total. The number of aryl methyl sites for hydroxylation is 1. The molecule has 0 saturated carbocycles. The summed E-state index contributed by atoms with van der Waals surface area (Å²) in [4.78, 5) is 28.1. The Morgan fingerprint density at radius 1 is 0.974 bits per heavy atom. The number of halogens is 1. The first-order valence-corrected chi connectivity index (χ1v) is 12.3. The van der Waals surface area contributed by atoms with Gasteiger partial charge in [0.15, 0.2) is 0 Å². The van der Waals surface area contributed by atoms with Crippen LogP contribution >= 0.6 is 15.9 Å². The van der Waals surface area contributed by atoms with Gasteiger partial charge in [0.05, 0.1) is 43.0 Å². The summed E-state index contributed by atoms with van der Waals surface area (Å²) in [6.07, 6.45) is 0. The monoisotopic (exact) mass is 573 g/mol. The normalized spacial score (nSPS) is 15.2. The molecule has 3 aromatic rings. The van der Waals surface area contributed by atoms with Gasteiger partial charge in [0.1, 0.15) is 17.3 Å². The molecular formula is C29H24BrN3O5. The second kappa shape index (κ2) is 10.8. The first kappa shape index (κ1) is 26.5. The summed E-state index contributed by atoms with van der Waals surface area (Å²) in [5, 5.41) is 21.0. The Bertz CT molecular complexity index is 1540. The fourth-order valence-corrected chi connectivity index (χ4v) is 5.07. The maximum Gasteiger partial charge on any atom is 0.355 e. The van der Waals surface area contributed by atoms with Crippen molar-refractivity contribution in [3.05, 3.63) is 105 Å². The summed E-state index contributed by atoms with van der Waals surface area (Å²) >= 11 is 3.62. The van der Waals surface area contributed by atoms with Crippen LogP contribution in [0.3, 0.4) is 0 Å². The van der Waals surface area contributed by atoms with Crippen molar-refractivity contribution in [1.29, 1.82) is 5.26 Å². The van der Waals surface area contributed by atoms with Crippen LogP contribution in [0.15, 0.2) is 93.9 Å². The number of esters is 2. The first-order chi connectivity index (χ1) is 18.3. The van der Waals surface area contributed by atoms with Crippen molar-refractivity contribution < 1.29 is 24.2 Å². The number of phenolic OH excluding ortho intramolecular Hbond substituents is 1. The third kappa shape index (κ3) is 4.40. The van der Waals surface area contributed by atoms with Crippen LogP contribution < -0.4 is 10.6 Å². The van der Waals surface area contributed by atoms with E-state index in [4.69, 9.17) is 15.2 Å². The number of rotatable bonds is 5. The van der Waals surface area contributed by atoms with Gasteiger partial charge in [-0.05, 0) is 40.0 Å². The van der Waals surface area contributed by atoms with Crippen molar-refractivity contribution in [2.75, 3.05) is 19.1 Å². The minimum absolute atomic E-state index is 0.0106. The molecule has 0 saturated heterocycles. The number of hydrogen-bond acceptors (Lipinski definition) is 8. The first-order valence-electron chi connectivity index (χ1n) is 11.5. The largest absolute Gasteiger partial charge is 0.507 e. The molecule has 192 valence electrons. The summed E-state index contributed by atoms with van der Waals surface area (Å²) in [6.45, 7) is 1.84. The average molecular weight is 574 g/mol. The zero-order valence-electron chi connectivity index (χ0n) is 20.9. The van der Waals surface area contributed by atoms with Gasteiger partial charge in [-0.2, -0.15) is 5.26 Å². The number of phenols is 1. The van der Waals surface area contributed by atoms with Crippen molar-refractivity contribution >= 4 is 33.6 Å². The van der Waals surface area contributed by atoms with E-state index in [9.17, 15) is 20.0 Å². The molecule has 38 heavy (non-hydrogen) atoms. The standard InChI is InChI=1S/C29H24BrN3O5/c1-16-13-14-19(18-11-7-8-12-21(18)34)25(24(16)30)33-26(29(36)38-3)23(28(35)37-2)22(20(15-31)27(33)32)17-9-5-4-6-10-17/h4-14,22,34H,32H2,1-3H3. The SMILES string of the molecule is COC(=O)C1=C(C(=O)OC)N(c2c(-c3ccccc3O)ccc(C)c2Br)C(N)=C(C#N)C1c1ccccc1. The fraction of sp³-hybridized carbons (Fsp3) is 0.138. The zero-order valence-corrected chi connectivity index (χ0v) is 22.4. The molecule has 1 heterocycles. The second-order valence-electron chi connectivity index (χ2n) is 8.45. The molecule has 0 fully saturated rings. The molecule has 0 aromatic heterocycles. The highest BCUT2D eigenvalue weighted by Crippen LogP contribution is 2.49. The number of benzene rings is 3. The maximum atomic E-state index is 13.5. The van der Waals surface area contributed by atoms with E-state index in [0.717, 1.165) is 5.56 Å². The lowest BCUT2D eigenvalue weighted by atomic mass is 9.80. The van der Waals surface area contributed by atoms with Crippen LogP contribution in [0, 0.1) is 18.3 Å². The molecule has 0 amide bonds. The second-order valence-corrected chi connectivity index (χ2v) is 9.24. The van der Waals surface area contributed by atoms with E-state index in [1.807, 2.05) is 13.0 Å². The van der Waals surface area contributed by atoms with Crippen LogP contribution in [-0.2, 0) is 19.1 Å². The lowest BCUT2D eigenvalue weighted by Gasteiger charge is -2.37. The van der Waals surface area contributed by atoms with E-state index in [0.29, 0.717) is 26.9 Å².